The molecule has 0 spiro atoms. The molecule has 0 atom stereocenters. The van der Waals surface area contributed by atoms with Crippen molar-refractivity contribution in [3.05, 3.63) is 29.6 Å². The molecule has 0 amide bonds. The fourth-order valence-corrected chi connectivity index (χ4v) is 1.24. The van der Waals surface area contributed by atoms with E-state index in [1.165, 1.54) is 13.2 Å². The van der Waals surface area contributed by atoms with Gasteiger partial charge in [0, 0.05) is 6.42 Å². The number of hydrogen-bond donors (Lipinski definition) is 0. The molecule has 6 heteroatoms. The second kappa shape index (κ2) is 6.12. The Bertz CT molecular complexity index is 394. The van der Waals surface area contributed by atoms with Crippen molar-refractivity contribution in [2.45, 2.75) is 19.5 Å². The van der Waals surface area contributed by atoms with Crippen molar-refractivity contribution in [1.82, 2.24) is 0 Å². The highest BCUT2D eigenvalue weighted by atomic mass is 19.3. The summed E-state index contributed by atoms with van der Waals surface area (Å²) in [7, 11) is 1.25. The summed E-state index contributed by atoms with van der Waals surface area (Å²) in [5.41, 5.74) is 0.521. The number of hydrogen-bond acceptors (Lipinski definition) is 3. The van der Waals surface area contributed by atoms with Gasteiger partial charge in [0.1, 0.15) is 0 Å². The molecule has 0 saturated heterocycles. The van der Waals surface area contributed by atoms with Crippen LogP contribution >= 0.6 is 0 Å². The molecule has 1 aromatic carbocycles. The fourth-order valence-electron chi connectivity index (χ4n) is 1.24. The van der Waals surface area contributed by atoms with Crippen LogP contribution in [0.4, 0.5) is 13.2 Å². The summed E-state index contributed by atoms with van der Waals surface area (Å²) in [5, 5.41) is 0. The van der Waals surface area contributed by atoms with Crippen LogP contribution in [0.5, 0.6) is 5.75 Å². The fraction of sp³-hybridized carbons (Fsp3) is 0.364. The number of esters is 1. The van der Waals surface area contributed by atoms with Crippen LogP contribution in [-0.2, 0) is 16.0 Å². The van der Waals surface area contributed by atoms with Gasteiger partial charge in [0.2, 0.25) is 0 Å². The van der Waals surface area contributed by atoms with E-state index in [4.69, 9.17) is 0 Å². The second-order valence-electron chi connectivity index (χ2n) is 3.22. The van der Waals surface area contributed by atoms with Crippen molar-refractivity contribution >= 4 is 5.97 Å². The number of halogens is 3. The van der Waals surface area contributed by atoms with Gasteiger partial charge in [0.05, 0.1) is 7.11 Å². The normalized spacial score (nSPS) is 10.4. The van der Waals surface area contributed by atoms with E-state index < -0.39 is 24.1 Å². The first-order valence-electron chi connectivity index (χ1n) is 4.83. The van der Waals surface area contributed by atoms with Crippen LogP contribution < -0.4 is 4.74 Å². The van der Waals surface area contributed by atoms with Gasteiger partial charge in [-0.25, -0.2) is 4.39 Å². The Morgan fingerprint density at radius 1 is 1.41 bits per heavy atom. The van der Waals surface area contributed by atoms with E-state index in [2.05, 4.69) is 9.47 Å². The van der Waals surface area contributed by atoms with Crippen molar-refractivity contribution < 1.29 is 27.4 Å². The van der Waals surface area contributed by atoms with Crippen molar-refractivity contribution in [2.75, 3.05) is 7.11 Å². The van der Waals surface area contributed by atoms with Crippen molar-refractivity contribution in [3.63, 3.8) is 0 Å². The Morgan fingerprint density at radius 2 is 2.12 bits per heavy atom. The molecule has 0 heterocycles. The maximum absolute atomic E-state index is 13.0. The number of methoxy groups -OCH3 is 1. The molecule has 0 aromatic heterocycles. The van der Waals surface area contributed by atoms with Crippen molar-refractivity contribution in [1.29, 1.82) is 0 Å². The molecule has 94 valence electrons. The van der Waals surface area contributed by atoms with Crippen molar-refractivity contribution in [3.8, 4) is 5.75 Å². The van der Waals surface area contributed by atoms with E-state index in [1.807, 2.05) is 0 Å². The molecule has 17 heavy (non-hydrogen) atoms. The van der Waals surface area contributed by atoms with Crippen LogP contribution in [0.25, 0.3) is 0 Å². The number of rotatable bonds is 5. The van der Waals surface area contributed by atoms with E-state index >= 15 is 0 Å². The van der Waals surface area contributed by atoms with Crippen LogP contribution in [0.1, 0.15) is 12.0 Å². The standard InChI is InChI=1S/C11H11F3O3/c1-16-10(15)5-3-7-2-4-8(12)9(6-7)17-11(13)14/h2,4,6,11H,3,5H2,1H3. The third-order valence-electron chi connectivity index (χ3n) is 2.06. The summed E-state index contributed by atoms with van der Waals surface area (Å²) in [6.07, 6.45) is 0.364. The number of aryl methyl sites for hydroxylation is 1. The molecule has 0 fully saturated rings. The SMILES string of the molecule is COC(=O)CCc1ccc(F)c(OC(F)F)c1. The van der Waals surface area contributed by atoms with Crippen LogP contribution in [0.15, 0.2) is 18.2 Å². The topological polar surface area (TPSA) is 35.5 Å². The Balaban J connectivity index is 2.71. The quantitative estimate of drug-likeness (QED) is 0.751. The Morgan fingerprint density at radius 3 is 2.71 bits per heavy atom. The monoisotopic (exact) mass is 248 g/mol. The van der Waals surface area contributed by atoms with Gasteiger partial charge < -0.3 is 9.47 Å². The maximum Gasteiger partial charge on any atom is 0.387 e. The van der Waals surface area contributed by atoms with E-state index in [1.54, 1.807) is 0 Å². The van der Waals surface area contributed by atoms with Gasteiger partial charge in [-0.1, -0.05) is 6.07 Å². The maximum atomic E-state index is 13.0. The van der Waals surface area contributed by atoms with Gasteiger partial charge in [0.25, 0.3) is 0 Å². The molecular formula is C11H11F3O3. The predicted octanol–water partition coefficient (Wildman–Crippen LogP) is 2.53. The molecular weight excluding hydrogens is 237 g/mol. The smallest absolute Gasteiger partial charge is 0.387 e. The lowest BCUT2D eigenvalue weighted by atomic mass is 10.1. The van der Waals surface area contributed by atoms with Crippen LogP contribution in [0.2, 0.25) is 0 Å². The van der Waals surface area contributed by atoms with Crippen LogP contribution in [0, 0.1) is 5.82 Å². The zero-order valence-corrected chi connectivity index (χ0v) is 9.08. The molecule has 0 bridgehead atoms. The van der Waals surface area contributed by atoms with Gasteiger partial charge in [-0.15, -0.1) is 0 Å². The highest BCUT2D eigenvalue weighted by Gasteiger charge is 2.11. The molecule has 0 saturated carbocycles. The minimum Gasteiger partial charge on any atom is -0.469 e. The van der Waals surface area contributed by atoms with E-state index in [0.717, 1.165) is 12.1 Å². The second-order valence-corrected chi connectivity index (χ2v) is 3.22. The molecule has 0 unspecified atom stereocenters. The Hall–Kier alpha value is -1.72. The number of benzene rings is 1. The first-order chi connectivity index (χ1) is 8.02. The van der Waals surface area contributed by atoms with Gasteiger partial charge in [-0.3, -0.25) is 4.79 Å². The third-order valence-corrected chi connectivity index (χ3v) is 2.06. The minimum atomic E-state index is -3.08. The predicted molar refractivity (Wildman–Crippen MR) is 53.4 cm³/mol. The van der Waals surface area contributed by atoms with Gasteiger partial charge in [0.15, 0.2) is 11.6 Å². The average Bonchev–Trinajstić information content (AvgIpc) is 2.29. The average molecular weight is 248 g/mol. The zero-order valence-electron chi connectivity index (χ0n) is 9.08. The van der Waals surface area contributed by atoms with E-state index in [9.17, 15) is 18.0 Å². The summed E-state index contributed by atoms with van der Waals surface area (Å²) < 4.78 is 45.3. The molecule has 1 rings (SSSR count). The highest BCUT2D eigenvalue weighted by molar-refractivity contribution is 5.69. The molecule has 0 aliphatic rings. The minimum absolute atomic E-state index is 0.0935. The Labute approximate surface area is 96.1 Å². The van der Waals surface area contributed by atoms with Crippen LogP contribution in [0.3, 0.4) is 0 Å². The van der Waals surface area contributed by atoms with E-state index in [0.29, 0.717) is 5.56 Å². The molecule has 1 aromatic rings. The largest absolute Gasteiger partial charge is 0.469 e. The summed E-state index contributed by atoms with van der Waals surface area (Å²) in [5.74, 6) is -1.82. The number of alkyl halides is 2. The molecule has 0 N–H and O–H groups in total. The zero-order chi connectivity index (χ0) is 12.8. The lowest BCUT2D eigenvalue weighted by Gasteiger charge is -2.07. The number of carbonyl (C=O) groups is 1. The van der Waals surface area contributed by atoms with Gasteiger partial charge in [-0.2, -0.15) is 8.78 Å². The lowest BCUT2D eigenvalue weighted by Crippen LogP contribution is -2.05. The van der Waals surface area contributed by atoms with E-state index in [-0.39, 0.29) is 12.8 Å². The lowest BCUT2D eigenvalue weighted by molar-refractivity contribution is -0.140. The first-order valence-corrected chi connectivity index (χ1v) is 4.83. The van der Waals surface area contributed by atoms with Crippen LogP contribution in [-0.4, -0.2) is 19.7 Å². The number of ether oxygens (including phenoxy) is 2. The van der Waals surface area contributed by atoms with Gasteiger partial charge >= 0.3 is 12.6 Å². The Kier molecular flexibility index (Phi) is 4.81. The molecule has 0 aliphatic carbocycles. The molecule has 0 aliphatic heterocycles. The summed E-state index contributed by atoms with van der Waals surface area (Å²) in [4.78, 5) is 10.9. The summed E-state index contributed by atoms with van der Waals surface area (Å²) >= 11 is 0. The number of carbonyl (C=O) groups excluding carboxylic acids is 1. The molecule has 3 nitrogen and oxygen atoms in total. The summed E-state index contributed by atoms with van der Waals surface area (Å²) in [6, 6.07) is 3.56. The highest BCUT2D eigenvalue weighted by Crippen LogP contribution is 2.21. The van der Waals surface area contributed by atoms with Gasteiger partial charge in [-0.05, 0) is 24.1 Å². The third kappa shape index (κ3) is 4.34. The molecule has 0 radical (unpaired) electrons. The van der Waals surface area contributed by atoms with Crippen molar-refractivity contribution in [2.24, 2.45) is 0 Å². The first kappa shape index (κ1) is 13.3. The summed E-state index contributed by atoms with van der Waals surface area (Å²) in [6.45, 7) is -3.08.